The van der Waals surface area contributed by atoms with Gasteiger partial charge in [0.05, 0.1) is 6.33 Å². The number of imidazole rings is 1. The van der Waals surface area contributed by atoms with Gasteiger partial charge in [-0.3, -0.25) is 0 Å². The van der Waals surface area contributed by atoms with E-state index in [4.69, 9.17) is 11.6 Å². The number of hydrogen-bond acceptors (Lipinski definition) is 1. The van der Waals surface area contributed by atoms with Crippen molar-refractivity contribution in [2.24, 2.45) is 5.92 Å². The number of nitrogens with zero attached hydrogens (tertiary/aromatic N) is 2. The van der Waals surface area contributed by atoms with Crippen LogP contribution in [0.25, 0.3) is 0 Å². The van der Waals surface area contributed by atoms with Crippen LogP contribution in [-0.4, -0.2) is 9.55 Å². The minimum atomic E-state index is 0.129. The van der Waals surface area contributed by atoms with E-state index in [9.17, 15) is 0 Å². The Balaban J connectivity index is 1.68. The Hall–Kier alpha value is -1.28. The maximum atomic E-state index is 5.99. The second kappa shape index (κ2) is 4.11. The molecule has 2 saturated carbocycles. The van der Waals surface area contributed by atoms with Crippen LogP contribution in [0.5, 0.6) is 0 Å². The first kappa shape index (κ1) is 11.5. The molecule has 0 amide bonds. The molecule has 0 N–H and O–H groups in total. The lowest BCUT2D eigenvalue weighted by atomic mass is 9.77. The van der Waals surface area contributed by atoms with Gasteiger partial charge in [-0.2, -0.15) is 0 Å². The maximum Gasteiger partial charge on any atom is 0.0948 e. The largest absolute Gasteiger partial charge is 0.334 e. The standard InChI is InChI=1S/C16H15ClN2/c17-14-3-1-13(2-4-14)16-6-5-12(9-16)15(10-16)19-8-7-18-11-19/h1-4,7-8,11-12,15H,5-6,9H2. The quantitative estimate of drug-likeness (QED) is 0.809. The minimum absolute atomic E-state index is 0.129. The zero-order valence-corrected chi connectivity index (χ0v) is 11.3. The molecule has 0 saturated heterocycles. The van der Waals surface area contributed by atoms with Crippen LogP contribution in [0.15, 0.2) is 43.0 Å². The van der Waals surface area contributed by atoms with Crippen LogP contribution >= 0.6 is 11.6 Å². The van der Waals surface area contributed by atoms with Crippen LogP contribution < -0.4 is 0 Å². The SMILES string of the molecule is Clc1ccc(C23[C]C(n4ccnc4)C(CC2)C3)cc1. The predicted molar refractivity (Wildman–Crippen MR) is 75.0 cm³/mol. The van der Waals surface area contributed by atoms with Crippen molar-refractivity contribution in [2.75, 3.05) is 0 Å². The molecular formula is C16H15ClN2. The third-order valence-electron chi connectivity index (χ3n) is 4.67. The Morgan fingerprint density at radius 1 is 1.32 bits per heavy atom. The average Bonchev–Trinajstić information content (AvgIpc) is 3.15. The molecule has 0 aliphatic heterocycles. The highest BCUT2D eigenvalue weighted by Gasteiger charge is 2.52. The third kappa shape index (κ3) is 1.73. The van der Waals surface area contributed by atoms with Crippen molar-refractivity contribution in [3.63, 3.8) is 0 Å². The zero-order valence-electron chi connectivity index (χ0n) is 10.6. The average molecular weight is 271 g/mol. The highest BCUT2D eigenvalue weighted by molar-refractivity contribution is 6.30. The summed E-state index contributed by atoms with van der Waals surface area (Å²) in [6, 6.07) is 8.69. The fraction of sp³-hybridized carbons (Fsp3) is 0.375. The smallest absolute Gasteiger partial charge is 0.0948 e. The van der Waals surface area contributed by atoms with E-state index < -0.39 is 0 Å². The van der Waals surface area contributed by atoms with Crippen molar-refractivity contribution >= 4 is 11.6 Å². The van der Waals surface area contributed by atoms with Gasteiger partial charge in [0.25, 0.3) is 0 Å². The highest BCUT2D eigenvalue weighted by Crippen LogP contribution is 2.59. The number of fused-ring (bicyclic) bond motifs is 2. The molecule has 2 nitrogen and oxygen atoms in total. The summed E-state index contributed by atoms with van der Waals surface area (Å²) in [5, 5.41) is 0.804. The first-order chi connectivity index (χ1) is 9.27. The topological polar surface area (TPSA) is 17.8 Å². The Morgan fingerprint density at radius 2 is 2.16 bits per heavy atom. The molecule has 0 spiro atoms. The van der Waals surface area contributed by atoms with Gasteiger partial charge in [-0.25, -0.2) is 4.98 Å². The molecule has 2 aliphatic rings. The van der Waals surface area contributed by atoms with Crippen LogP contribution in [0.1, 0.15) is 30.9 Å². The van der Waals surface area contributed by atoms with Gasteiger partial charge in [-0.05, 0) is 42.9 Å². The molecule has 3 atom stereocenters. The fourth-order valence-electron chi connectivity index (χ4n) is 3.75. The lowest BCUT2D eigenvalue weighted by molar-refractivity contribution is 0.384. The number of hydrogen-bond donors (Lipinski definition) is 0. The monoisotopic (exact) mass is 270 g/mol. The van der Waals surface area contributed by atoms with E-state index in [1.54, 1.807) is 0 Å². The van der Waals surface area contributed by atoms with Crippen molar-refractivity contribution in [3.8, 4) is 0 Å². The van der Waals surface area contributed by atoms with Crippen molar-refractivity contribution in [2.45, 2.75) is 30.7 Å². The number of rotatable bonds is 2. The molecule has 2 radical (unpaired) electrons. The number of benzene rings is 1. The second-order valence-electron chi connectivity index (χ2n) is 5.69. The van der Waals surface area contributed by atoms with Gasteiger partial charge in [-0.1, -0.05) is 23.7 Å². The Kier molecular flexibility index (Phi) is 2.49. The molecule has 2 aliphatic carbocycles. The molecule has 3 unspecified atom stereocenters. The predicted octanol–water partition coefficient (Wildman–Crippen LogP) is 3.91. The number of aromatic nitrogens is 2. The van der Waals surface area contributed by atoms with Gasteiger partial charge < -0.3 is 4.57 Å². The fourth-order valence-corrected chi connectivity index (χ4v) is 3.88. The van der Waals surface area contributed by atoms with Crippen LogP contribution in [0.3, 0.4) is 0 Å². The molecule has 2 fully saturated rings. The van der Waals surface area contributed by atoms with Gasteiger partial charge in [0.15, 0.2) is 0 Å². The lowest BCUT2D eigenvalue weighted by Gasteiger charge is -2.30. The minimum Gasteiger partial charge on any atom is -0.334 e. The lowest BCUT2D eigenvalue weighted by Crippen LogP contribution is -2.24. The van der Waals surface area contributed by atoms with Crippen molar-refractivity contribution in [1.29, 1.82) is 0 Å². The Bertz CT molecular complexity index is 575. The van der Waals surface area contributed by atoms with Gasteiger partial charge in [0, 0.05) is 35.3 Å². The van der Waals surface area contributed by atoms with Gasteiger partial charge in [0.1, 0.15) is 0 Å². The summed E-state index contributed by atoms with van der Waals surface area (Å²) in [5.74, 6) is 0.699. The first-order valence-electron chi connectivity index (χ1n) is 6.78. The summed E-state index contributed by atoms with van der Waals surface area (Å²) in [6.45, 7) is 0. The molecule has 19 heavy (non-hydrogen) atoms. The Labute approximate surface area is 118 Å². The summed E-state index contributed by atoms with van der Waals surface area (Å²) in [6.07, 6.45) is 13.3. The van der Waals surface area contributed by atoms with Crippen molar-refractivity contribution in [1.82, 2.24) is 9.55 Å². The van der Waals surface area contributed by atoms with Crippen LogP contribution in [0.2, 0.25) is 5.02 Å². The van der Waals surface area contributed by atoms with Crippen molar-refractivity contribution in [3.05, 3.63) is 60.0 Å². The normalized spacial score (nSPS) is 32.9. The third-order valence-corrected chi connectivity index (χ3v) is 4.92. The molecule has 96 valence electrons. The molecular weight excluding hydrogens is 256 g/mol. The van der Waals surface area contributed by atoms with Crippen molar-refractivity contribution < 1.29 is 0 Å². The summed E-state index contributed by atoms with van der Waals surface area (Å²) < 4.78 is 2.20. The van der Waals surface area contributed by atoms with E-state index in [2.05, 4.69) is 28.1 Å². The van der Waals surface area contributed by atoms with Gasteiger partial charge >= 0.3 is 0 Å². The van der Waals surface area contributed by atoms with E-state index >= 15 is 0 Å². The first-order valence-corrected chi connectivity index (χ1v) is 7.16. The molecule has 1 aromatic heterocycles. The molecule has 2 aromatic rings. The van der Waals surface area contributed by atoms with Crippen LogP contribution in [0, 0.1) is 12.3 Å². The molecule has 3 heteroatoms. The molecule has 2 bridgehead atoms. The van der Waals surface area contributed by atoms with E-state index in [1.165, 1.54) is 24.8 Å². The van der Waals surface area contributed by atoms with Crippen LogP contribution in [-0.2, 0) is 5.41 Å². The van der Waals surface area contributed by atoms with Gasteiger partial charge in [-0.15, -0.1) is 0 Å². The van der Waals surface area contributed by atoms with Crippen LogP contribution in [0.4, 0.5) is 0 Å². The van der Waals surface area contributed by atoms with Gasteiger partial charge in [0.2, 0.25) is 0 Å². The van der Waals surface area contributed by atoms with E-state index in [-0.39, 0.29) is 5.41 Å². The second-order valence-corrected chi connectivity index (χ2v) is 6.13. The van der Waals surface area contributed by atoms with E-state index in [1.807, 2.05) is 30.9 Å². The highest BCUT2D eigenvalue weighted by atomic mass is 35.5. The number of halogens is 1. The summed E-state index contributed by atoms with van der Waals surface area (Å²) in [7, 11) is 0. The zero-order chi connectivity index (χ0) is 12.9. The summed E-state index contributed by atoms with van der Waals surface area (Å²) in [5.41, 5.74) is 1.49. The summed E-state index contributed by atoms with van der Waals surface area (Å²) >= 11 is 5.99. The van der Waals surface area contributed by atoms with E-state index in [0.717, 1.165) is 5.02 Å². The molecule has 1 heterocycles. The Morgan fingerprint density at radius 3 is 2.89 bits per heavy atom. The molecule has 4 rings (SSSR count). The molecule has 1 aromatic carbocycles. The van der Waals surface area contributed by atoms with E-state index in [0.29, 0.717) is 12.0 Å². The maximum absolute atomic E-state index is 5.99. The summed E-state index contributed by atoms with van der Waals surface area (Å²) in [4.78, 5) is 4.16.